The Morgan fingerprint density at radius 3 is 2.86 bits per heavy atom. The van der Waals surface area contributed by atoms with E-state index in [1.165, 1.54) is 0 Å². The molecule has 2 rings (SSSR count). The van der Waals surface area contributed by atoms with Gasteiger partial charge in [0, 0.05) is 21.5 Å². The molecule has 1 atom stereocenters. The molecule has 0 bridgehead atoms. The van der Waals surface area contributed by atoms with Crippen LogP contribution in [-0.4, -0.2) is 5.97 Å². The molecule has 1 heterocycles. The molecular formula is C10H8BrClO2. The summed E-state index contributed by atoms with van der Waals surface area (Å²) in [5.74, 6) is -0.144. The minimum Gasteiger partial charge on any atom is -0.457 e. The average Bonchev–Trinajstić information content (AvgIpc) is 2.51. The summed E-state index contributed by atoms with van der Waals surface area (Å²) in [5, 5.41) is 0.638. The SMILES string of the molecule is O=C1CC[C@@H](c2ccc(Br)cc2Cl)O1. The van der Waals surface area contributed by atoms with Crippen molar-refractivity contribution in [1.82, 2.24) is 0 Å². The van der Waals surface area contributed by atoms with Crippen molar-refractivity contribution in [2.75, 3.05) is 0 Å². The van der Waals surface area contributed by atoms with Crippen LogP contribution in [0.4, 0.5) is 0 Å². The molecule has 0 N–H and O–H groups in total. The molecule has 14 heavy (non-hydrogen) atoms. The second kappa shape index (κ2) is 3.91. The fourth-order valence-corrected chi connectivity index (χ4v) is 2.30. The van der Waals surface area contributed by atoms with E-state index in [4.69, 9.17) is 16.3 Å². The smallest absolute Gasteiger partial charge is 0.306 e. The van der Waals surface area contributed by atoms with E-state index in [-0.39, 0.29) is 12.1 Å². The Morgan fingerprint density at radius 1 is 1.50 bits per heavy atom. The first-order valence-corrected chi connectivity index (χ1v) is 5.48. The van der Waals surface area contributed by atoms with Crippen molar-refractivity contribution < 1.29 is 9.53 Å². The lowest BCUT2D eigenvalue weighted by Gasteiger charge is -2.11. The summed E-state index contributed by atoms with van der Waals surface area (Å²) in [6.45, 7) is 0. The van der Waals surface area contributed by atoms with E-state index in [2.05, 4.69) is 15.9 Å². The highest BCUT2D eigenvalue weighted by molar-refractivity contribution is 9.10. The maximum Gasteiger partial charge on any atom is 0.306 e. The monoisotopic (exact) mass is 274 g/mol. The molecule has 0 unspecified atom stereocenters. The first-order valence-electron chi connectivity index (χ1n) is 4.31. The first kappa shape index (κ1) is 9.99. The van der Waals surface area contributed by atoms with Gasteiger partial charge in [-0.2, -0.15) is 0 Å². The van der Waals surface area contributed by atoms with Gasteiger partial charge in [0.2, 0.25) is 0 Å². The summed E-state index contributed by atoms with van der Waals surface area (Å²) in [6, 6.07) is 5.59. The third-order valence-electron chi connectivity index (χ3n) is 2.19. The Bertz CT molecular complexity index is 378. The Kier molecular flexibility index (Phi) is 2.79. The molecule has 1 aliphatic rings. The average molecular weight is 276 g/mol. The van der Waals surface area contributed by atoms with Gasteiger partial charge >= 0.3 is 5.97 Å². The van der Waals surface area contributed by atoms with Gasteiger partial charge in [-0.3, -0.25) is 4.79 Å². The van der Waals surface area contributed by atoms with Gasteiger partial charge in [0.05, 0.1) is 0 Å². The molecule has 1 aliphatic heterocycles. The molecule has 0 aromatic heterocycles. The number of cyclic esters (lactones) is 1. The summed E-state index contributed by atoms with van der Waals surface area (Å²) < 4.78 is 6.06. The van der Waals surface area contributed by atoms with Gasteiger partial charge in [-0.1, -0.05) is 33.6 Å². The third-order valence-corrected chi connectivity index (χ3v) is 3.01. The lowest BCUT2D eigenvalue weighted by Crippen LogP contribution is -1.99. The molecule has 0 radical (unpaired) electrons. The van der Waals surface area contributed by atoms with Gasteiger partial charge < -0.3 is 4.74 Å². The summed E-state index contributed by atoms with van der Waals surface area (Å²) >= 11 is 9.36. The van der Waals surface area contributed by atoms with Crippen LogP contribution in [0.25, 0.3) is 0 Å². The van der Waals surface area contributed by atoms with Crippen molar-refractivity contribution in [1.29, 1.82) is 0 Å². The largest absolute Gasteiger partial charge is 0.457 e. The number of benzene rings is 1. The van der Waals surface area contributed by atoms with Crippen molar-refractivity contribution in [3.8, 4) is 0 Å². The zero-order valence-corrected chi connectivity index (χ0v) is 9.64. The summed E-state index contributed by atoms with van der Waals surface area (Å²) in [4.78, 5) is 10.9. The lowest BCUT2D eigenvalue weighted by molar-refractivity contribution is -0.141. The topological polar surface area (TPSA) is 26.3 Å². The van der Waals surface area contributed by atoms with Crippen LogP contribution in [0, 0.1) is 0 Å². The minimum absolute atomic E-state index is 0.144. The van der Waals surface area contributed by atoms with Gasteiger partial charge in [-0.05, 0) is 18.6 Å². The van der Waals surface area contributed by atoms with Gasteiger partial charge in [-0.15, -0.1) is 0 Å². The maximum atomic E-state index is 10.9. The van der Waals surface area contributed by atoms with Gasteiger partial charge in [0.1, 0.15) is 6.10 Å². The summed E-state index contributed by atoms with van der Waals surface area (Å²) in [5.41, 5.74) is 0.890. The van der Waals surface area contributed by atoms with Crippen LogP contribution < -0.4 is 0 Å². The van der Waals surface area contributed by atoms with Crippen molar-refractivity contribution in [3.63, 3.8) is 0 Å². The quantitative estimate of drug-likeness (QED) is 0.734. The van der Waals surface area contributed by atoms with Crippen LogP contribution in [0.3, 0.4) is 0 Å². The van der Waals surface area contributed by atoms with E-state index in [1.54, 1.807) is 0 Å². The molecule has 0 saturated carbocycles. The number of hydrogen-bond donors (Lipinski definition) is 0. The Morgan fingerprint density at radius 2 is 2.29 bits per heavy atom. The van der Waals surface area contributed by atoms with Crippen molar-refractivity contribution in [2.45, 2.75) is 18.9 Å². The molecule has 2 nitrogen and oxygen atoms in total. The predicted octanol–water partition coefficient (Wildman–Crippen LogP) is 3.48. The highest BCUT2D eigenvalue weighted by Gasteiger charge is 2.26. The maximum absolute atomic E-state index is 10.9. The van der Waals surface area contributed by atoms with Crippen molar-refractivity contribution >= 4 is 33.5 Å². The van der Waals surface area contributed by atoms with Crippen molar-refractivity contribution in [3.05, 3.63) is 33.3 Å². The Labute approximate surface area is 95.3 Å². The van der Waals surface area contributed by atoms with Crippen LogP contribution in [-0.2, 0) is 9.53 Å². The standard InChI is InChI=1S/C10H8BrClO2/c11-6-1-2-7(8(12)5-6)9-3-4-10(13)14-9/h1-2,5,9H,3-4H2/t9-/m0/s1. The second-order valence-electron chi connectivity index (χ2n) is 3.18. The minimum atomic E-state index is -0.164. The molecule has 0 amide bonds. The van der Waals surface area contributed by atoms with Crippen LogP contribution >= 0.6 is 27.5 Å². The van der Waals surface area contributed by atoms with Gasteiger partial charge in [-0.25, -0.2) is 0 Å². The van der Waals surface area contributed by atoms with E-state index in [1.807, 2.05) is 18.2 Å². The van der Waals surface area contributed by atoms with E-state index in [0.717, 1.165) is 16.5 Å². The number of carbonyl (C=O) groups excluding carboxylic acids is 1. The van der Waals surface area contributed by atoms with Crippen LogP contribution in [0.15, 0.2) is 22.7 Å². The van der Waals surface area contributed by atoms with Crippen LogP contribution in [0.5, 0.6) is 0 Å². The number of carbonyl (C=O) groups is 1. The zero-order chi connectivity index (χ0) is 10.1. The van der Waals surface area contributed by atoms with E-state index in [9.17, 15) is 4.79 Å². The summed E-state index contributed by atoms with van der Waals surface area (Å²) in [6.07, 6.45) is 1.04. The molecule has 1 aromatic carbocycles. The van der Waals surface area contributed by atoms with Crippen LogP contribution in [0.2, 0.25) is 5.02 Å². The van der Waals surface area contributed by atoms with E-state index in [0.29, 0.717) is 11.4 Å². The van der Waals surface area contributed by atoms with E-state index >= 15 is 0 Å². The van der Waals surface area contributed by atoms with Crippen LogP contribution in [0.1, 0.15) is 24.5 Å². The molecule has 74 valence electrons. The molecule has 1 saturated heterocycles. The summed E-state index contributed by atoms with van der Waals surface area (Å²) in [7, 11) is 0. The number of ether oxygens (including phenoxy) is 1. The normalized spacial score (nSPS) is 21.0. The molecule has 1 aromatic rings. The molecule has 1 fully saturated rings. The number of hydrogen-bond acceptors (Lipinski definition) is 2. The first-order chi connectivity index (χ1) is 6.66. The third kappa shape index (κ3) is 1.93. The molecule has 0 spiro atoms. The Hall–Kier alpha value is -0.540. The molecule has 4 heteroatoms. The highest BCUT2D eigenvalue weighted by atomic mass is 79.9. The van der Waals surface area contributed by atoms with Crippen molar-refractivity contribution in [2.24, 2.45) is 0 Å². The van der Waals surface area contributed by atoms with E-state index < -0.39 is 0 Å². The second-order valence-corrected chi connectivity index (χ2v) is 4.51. The predicted molar refractivity (Wildman–Crippen MR) is 57.2 cm³/mol. The fraction of sp³-hybridized carbons (Fsp3) is 0.300. The zero-order valence-electron chi connectivity index (χ0n) is 7.30. The number of halogens is 2. The Balaban J connectivity index is 2.28. The number of esters is 1. The fourth-order valence-electron chi connectivity index (χ4n) is 1.51. The lowest BCUT2D eigenvalue weighted by atomic mass is 10.1. The van der Waals surface area contributed by atoms with Gasteiger partial charge in [0.15, 0.2) is 0 Å². The highest BCUT2D eigenvalue weighted by Crippen LogP contribution is 2.34. The van der Waals surface area contributed by atoms with Gasteiger partial charge in [0.25, 0.3) is 0 Å². The number of rotatable bonds is 1. The molecular weight excluding hydrogens is 267 g/mol. The molecule has 0 aliphatic carbocycles.